The Morgan fingerprint density at radius 3 is 3.04 bits per heavy atom. The number of carbonyl (C=O) groups is 1. The van der Waals surface area contributed by atoms with Crippen LogP contribution in [0.2, 0.25) is 0 Å². The molecule has 0 aromatic carbocycles. The highest BCUT2D eigenvalue weighted by Gasteiger charge is 2.27. The molecule has 3 heterocycles. The summed E-state index contributed by atoms with van der Waals surface area (Å²) < 4.78 is 12.6. The van der Waals surface area contributed by atoms with Crippen LogP contribution in [0.4, 0.5) is 11.8 Å². The molecule has 0 saturated heterocycles. The predicted molar refractivity (Wildman–Crippen MR) is 84.3 cm³/mol. The van der Waals surface area contributed by atoms with Gasteiger partial charge in [0.15, 0.2) is 22.9 Å². The third-order valence-electron chi connectivity index (χ3n) is 3.52. The molecule has 1 aliphatic heterocycles. The average molecular weight is 318 g/mol. The first kappa shape index (κ1) is 15.1. The number of nitrogens with two attached hydrogens (primary N) is 1. The summed E-state index contributed by atoms with van der Waals surface area (Å²) in [6.45, 7) is 3.54. The molecule has 2 aromatic heterocycles. The van der Waals surface area contributed by atoms with Crippen LogP contribution in [-0.4, -0.2) is 45.2 Å². The molecule has 1 atom stereocenters. The first-order chi connectivity index (χ1) is 11.0. The molecule has 0 spiro atoms. The number of aromatic nitrogens is 4. The Kier molecular flexibility index (Phi) is 3.77. The third-order valence-corrected chi connectivity index (χ3v) is 3.52. The molecule has 1 aliphatic rings. The number of nitrogen functional groups attached to an aromatic ring is 1. The Balaban J connectivity index is 1.93. The molecule has 0 saturated carbocycles. The summed E-state index contributed by atoms with van der Waals surface area (Å²) in [5.41, 5.74) is 7.94. The summed E-state index contributed by atoms with van der Waals surface area (Å²) in [5.74, 6) is 1.01. The fraction of sp³-hybridized carbons (Fsp3) is 0.429. The van der Waals surface area contributed by atoms with Gasteiger partial charge in [-0.3, -0.25) is 9.36 Å². The summed E-state index contributed by atoms with van der Waals surface area (Å²) >= 11 is 0. The number of rotatable bonds is 4. The van der Waals surface area contributed by atoms with Gasteiger partial charge in [-0.25, -0.2) is 4.98 Å². The normalized spacial score (nSPS) is 17.4. The number of ether oxygens (including phenoxy) is 2. The second-order valence-corrected chi connectivity index (χ2v) is 5.30. The Hall–Kier alpha value is -2.84. The van der Waals surface area contributed by atoms with Gasteiger partial charge in [0.25, 0.3) is 0 Å². The summed E-state index contributed by atoms with van der Waals surface area (Å²) in [6.07, 6.45) is 2.07. The Bertz CT molecular complexity index is 797. The van der Waals surface area contributed by atoms with Crippen molar-refractivity contribution in [2.24, 2.45) is 0 Å². The molecule has 2 aromatic rings. The highest BCUT2D eigenvalue weighted by atomic mass is 16.6. The third kappa shape index (κ3) is 2.77. The number of imidazole rings is 1. The van der Waals surface area contributed by atoms with Crippen molar-refractivity contribution >= 4 is 34.8 Å². The Morgan fingerprint density at radius 1 is 1.57 bits per heavy atom. The Morgan fingerprint density at radius 2 is 2.35 bits per heavy atom. The van der Waals surface area contributed by atoms with Gasteiger partial charge >= 0.3 is 5.97 Å². The summed E-state index contributed by atoms with van der Waals surface area (Å²) in [5, 5.41) is 2.95. The van der Waals surface area contributed by atoms with Crippen LogP contribution in [0, 0.1) is 0 Å². The van der Waals surface area contributed by atoms with E-state index in [4.69, 9.17) is 15.2 Å². The average Bonchev–Trinajstić information content (AvgIpc) is 3.07. The van der Waals surface area contributed by atoms with Gasteiger partial charge in [-0.2, -0.15) is 9.97 Å². The molecule has 0 radical (unpaired) electrons. The molecule has 122 valence electrons. The number of anilines is 2. The quantitative estimate of drug-likeness (QED) is 0.801. The lowest BCUT2D eigenvalue weighted by molar-refractivity contribution is -0.143. The fourth-order valence-corrected chi connectivity index (χ4v) is 2.53. The van der Waals surface area contributed by atoms with Crippen molar-refractivity contribution in [2.45, 2.75) is 26.4 Å². The topological polar surface area (TPSA) is 117 Å². The second-order valence-electron chi connectivity index (χ2n) is 5.30. The van der Waals surface area contributed by atoms with Crippen LogP contribution in [0.15, 0.2) is 11.9 Å². The van der Waals surface area contributed by atoms with E-state index in [1.54, 1.807) is 17.9 Å². The minimum absolute atomic E-state index is 0.149. The molecule has 1 unspecified atom stereocenters. The van der Waals surface area contributed by atoms with Crippen LogP contribution < -0.4 is 11.1 Å². The minimum atomic E-state index is -0.327. The van der Waals surface area contributed by atoms with E-state index < -0.39 is 0 Å². The van der Waals surface area contributed by atoms with Crippen LogP contribution >= 0.6 is 0 Å². The summed E-state index contributed by atoms with van der Waals surface area (Å²) in [4.78, 5) is 23.6. The van der Waals surface area contributed by atoms with Crippen molar-refractivity contribution in [1.29, 1.82) is 0 Å². The standard InChI is InChI=1S/C14H18N6O3/c1-7-4-9(5-22-8(2)21)23-13(7)20-6-17-10-11(16-3)18-14(15)19-12(10)20/h6,9H,4-5H2,1-3H3,(H3,15,16,18,19). The van der Waals surface area contributed by atoms with E-state index in [-0.39, 0.29) is 24.6 Å². The number of hydrogen-bond acceptors (Lipinski definition) is 8. The van der Waals surface area contributed by atoms with Crippen molar-refractivity contribution in [2.75, 3.05) is 24.7 Å². The minimum Gasteiger partial charge on any atom is -0.471 e. The van der Waals surface area contributed by atoms with E-state index in [0.717, 1.165) is 5.57 Å². The molecule has 0 fully saturated rings. The second kappa shape index (κ2) is 5.75. The van der Waals surface area contributed by atoms with Gasteiger partial charge in [-0.05, 0) is 12.5 Å². The van der Waals surface area contributed by atoms with Crippen molar-refractivity contribution in [3.05, 3.63) is 11.9 Å². The largest absolute Gasteiger partial charge is 0.471 e. The maximum absolute atomic E-state index is 10.9. The number of carbonyl (C=O) groups excluding carboxylic acids is 1. The highest BCUT2D eigenvalue weighted by Crippen LogP contribution is 2.31. The molecular formula is C14H18N6O3. The van der Waals surface area contributed by atoms with Gasteiger partial charge in [0, 0.05) is 20.4 Å². The predicted octanol–water partition coefficient (Wildman–Crippen LogP) is 0.991. The summed E-state index contributed by atoms with van der Waals surface area (Å²) in [6, 6.07) is 0. The van der Waals surface area contributed by atoms with Gasteiger partial charge in [0.2, 0.25) is 5.95 Å². The smallest absolute Gasteiger partial charge is 0.302 e. The zero-order chi connectivity index (χ0) is 16.6. The fourth-order valence-electron chi connectivity index (χ4n) is 2.53. The molecule has 0 bridgehead atoms. The van der Waals surface area contributed by atoms with E-state index in [1.165, 1.54) is 6.92 Å². The SMILES string of the molecule is CNc1nc(N)nc2c1ncn2C1=C(C)CC(COC(C)=O)O1. The molecule has 9 heteroatoms. The van der Waals surface area contributed by atoms with Crippen LogP contribution in [-0.2, 0) is 14.3 Å². The van der Waals surface area contributed by atoms with Crippen LogP contribution in [0.5, 0.6) is 0 Å². The van der Waals surface area contributed by atoms with E-state index in [0.29, 0.717) is 29.3 Å². The van der Waals surface area contributed by atoms with E-state index in [2.05, 4.69) is 20.3 Å². The number of esters is 1. The van der Waals surface area contributed by atoms with Crippen LogP contribution in [0.1, 0.15) is 20.3 Å². The van der Waals surface area contributed by atoms with E-state index in [1.807, 2.05) is 6.92 Å². The zero-order valence-electron chi connectivity index (χ0n) is 13.2. The van der Waals surface area contributed by atoms with Gasteiger partial charge in [-0.1, -0.05) is 0 Å². The van der Waals surface area contributed by atoms with E-state index >= 15 is 0 Å². The summed E-state index contributed by atoms with van der Waals surface area (Å²) in [7, 11) is 1.74. The van der Waals surface area contributed by atoms with Crippen molar-refractivity contribution in [3.63, 3.8) is 0 Å². The lowest BCUT2D eigenvalue weighted by Gasteiger charge is -2.13. The maximum atomic E-state index is 10.9. The van der Waals surface area contributed by atoms with Crippen molar-refractivity contribution in [3.8, 4) is 0 Å². The number of nitrogens with one attached hydrogen (secondary N) is 1. The highest BCUT2D eigenvalue weighted by molar-refractivity contribution is 5.86. The lowest BCUT2D eigenvalue weighted by atomic mass is 10.2. The zero-order valence-corrected chi connectivity index (χ0v) is 13.2. The van der Waals surface area contributed by atoms with Crippen LogP contribution in [0.25, 0.3) is 17.0 Å². The molecule has 3 N–H and O–H groups in total. The van der Waals surface area contributed by atoms with Gasteiger partial charge in [0.05, 0.1) is 0 Å². The Labute approximate surface area is 132 Å². The first-order valence-corrected chi connectivity index (χ1v) is 7.18. The molecule has 0 amide bonds. The first-order valence-electron chi connectivity index (χ1n) is 7.18. The molecule has 23 heavy (non-hydrogen) atoms. The van der Waals surface area contributed by atoms with Crippen LogP contribution in [0.3, 0.4) is 0 Å². The lowest BCUT2D eigenvalue weighted by Crippen LogP contribution is -2.17. The molecule has 0 aliphatic carbocycles. The molecule has 9 nitrogen and oxygen atoms in total. The van der Waals surface area contributed by atoms with Gasteiger partial charge < -0.3 is 20.5 Å². The number of hydrogen-bond donors (Lipinski definition) is 2. The van der Waals surface area contributed by atoms with Gasteiger partial charge in [0.1, 0.15) is 19.0 Å². The number of nitrogens with zero attached hydrogens (tertiary/aromatic N) is 4. The monoisotopic (exact) mass is 318 g/mol. The molecular weight excluding hydrogens is 300 g/mol. The van der Waals surface area contributed by atoms with E-state index in [9.17, 15) is 4.79 Å². The van der Waals surface area contributed by atoms with Crippen molar-refractivity contribution < 1.29 is 14.3 Å². The number of fused-ring (bicyclic) bond motifs is 1. The van der Waals surface area contributed by atoms with Crippen molar-refractivity contribution in [1.82, 2.24) is 19.5 Å². The van der Waals surface area contributed by atoms with Gasteiger partial charge in [-0.15, -0.1) is 0 Å². The maximum Gasteiger partial charge on any atom is 0.302 e. The molecule has 3 rings (SSSR count).